The van der Waals surface area contributed by atoms with Gasteiger partial charge in [0.05, 0.1) is 25.2 Å². The summed E-state index contributed by atoms with van der Waals surface area (Å²) < 4.78 is 38.0. The van der Waals surface area contributed by atoms with E-state index in [9.17, 15) is 13.2 Å². The van der Waals surface area contributed by atoms with Crippen LogP contribution in [0.5, 0.6) is 5.75 Å². The Morgan fingerprint density at radius 1 is 1.28 bits per heavy atom. The third-order valence-corrected chi connectivity index (χ3v) is 7.61. The number of amides is 1. The number of hydrogen-bond donors (Lipinski definition) is 1. The summed E-state index contributed by atoms with van der Waals surface area (Å²) in [6.45, 7) is 8.53. The Balaban J connectivity index is 1.99. The fraction of sp³-hybridized carbons (Fsp3) is 0.650. The van der Waals surface area contributed by atoms with Gasteiger partial charge >= 0.3 is 0 Å². The highest BCUT2D eigenvalue weighted by atomic mass is 32.2. The van der Waals surface area contributed by atoms with E-state index in [1.165, 1.54) is 4.31 Å². The number of methoxy groups -OCH3 is 1. The number of rotatable bonds is 9. The van der Waals surface area contributed by atoms with E-state index in [1.807, 2.05) is 0 Å². The molecule has 1 fully saturated rings. The third kappa shape index (κ3) is 7.47. The highest BCUT2D eigenvalue weighted by Crippen LogP contribution is 2.26. The predicted molar refractivity (Wildman–Crippen MR) is 116 cm³/mol. The van der Waals surface area contributed by atoms with E-state index in [0.717, 1.165) is 5.75 Å². The zero-order valence-corrected chi connectivity index (χ0v) is 19.3. The molecule has 164 valence electrons. The minimum absolute atomic E-state index is 0.0528. The fourth-order valence-corrected chi connectivity index (χ4v) is 5.21. The average molecular weight is 445 g/mol. The number of aryl methyl sites for hydroxylation is 1. The molecule has 0 aliphatic carbocycles. The van der Waals surface area contributed by atoms with Crippen LogP contribution in [0.4, 0.5) is 0 Å². The van der Waals surface area contributed by atoms with Gasteiger partial charge in [-0.15, -0.1) is 0 Å². The number of nitrogens with one attached hydrogen (secondary N) is 1. The van der Waals surface area contributed by atoms with Crippen molar-refractivity contribution in [1.29, 1.82) is 0 Å². The summed E-state index contributed by atoms with van der Waals surface area (Å²) in [6.07, 6.45) is 0.686. The van der Waals surface area contributed by atoms with Gasteiger partial charge in [0, 0.05) is 36.6 Å². The Morgan fingerprint density at radius 2 is 1.97 bits per heavy atom. The van der Waals surface area contributed by atoms with Gasteiger partial charge in [-0.25, -0.2) is 8.42 Å². The van der Waals surface area contributed by atoms with Crippen molar-refractivity contribution >= 4 is 27.7 Å². The summed E-state index contributed by atoms with van der Waals surface area (Å²) in [5.74, 6) is 1.39. The first-order valence-electron chi connectivity index (χ1n) is 9.79. The Kier molecular flexibility index (Phi) is 8.81. The van der Waals surface area contributed by atoms with E-state index < -0.39 is 10.0 Å². The van der Waals surface area contributed by atoms with Crippen LogP contribution in [0.3, 0.4) is 0 Å². The van der Waals surface area contributed by atoms with Crippen molar-refractivity contribution in [2.75, 3.05) is 45.7 Å². The Labute approximate surface area is 178 Å². The molecule has 0 aromatic heterocycles. The minimum atomic E-state index is -3.59. The van der Waals surface area contributed by atoms with Crippen molar-refractivity contribution in [1.82, 2.24) is 9.62 Å². The van der Waals surface area contributed by atoms with Gasteiger partial charge in [-0.2, -0.15) is 16.1 Å². The first-order chi connectivity index (χ1) is 13.6. The number of benzene rings is 1. The molecule has 0 atom stereocenters. The lowest BCUT2D eigenvalue weighted by atomic mass is 10.1. The number of thioether (sulfide) groups is 1. The molecule has 7 nitrogen and oxygen atoms in total. The molecular formula is C20H32N2O5S2. The van der Waals surface area contributed by atoms with Gasteiger partial charge in [-0.1, -0.05) is 20.8 Å². The lowest BCUT2D eigenvalue weighted by Gasteiger charge is -2.26. The third-order valence-electron chi connectivity index (χ3n) is 4.44. The summed E-state index contributed by atoms with van der Waals surface area (Å²) in [6, 6.07) is 4.82. The van der Waals surface area contributed by atoms with Crippen molar-refractivity contribution in [3.8, 4) is 5.75 Å². The Bertz CT molecular complexity index is 785. The van der Waals surface area contributed by atoms with E-state index in [2.05, 4.69) is 26.1 Å². The van der Waals surface area contributed by atoms with Crippen molar-refractivity contribution in [3.05, 3.63) is 23.8 Å². The van der Waals surface area contributed by atoms with Crippen LogP contribution in [0.15, 0.2) is 23.1 Å². The molecule has 1 aromatic carbocycles. The molecule has 1 amide bonds. The number of carbonyl (C=O) groups excluding carboxylic acids is 1. The van der Waals surface area contributed by atoms with Crippen LogP contribution < -0.4 is 10.1 Å². The Morgan fingerprint density at radius 3 is 2.59 bits per heavy atom. The quantitative estimate of drug-likeness (QED) is 0.589. The minimum Gasteiger partial charge on any atom is -0.496 e. The van der Waals surface area contributed by atoms with Crippen LogP contribution in [0.25, 0.3) is 0 Å². The zero-order chi connectivity index (χ0) is 21.5. The second-order valence-corrected chi connectivity index (χ2v) is 11.7. The molecule has 2 rings (SSSR count). The van der Waals surface area contributed by atoms with Crippen molar-refractivity contribution in [2.24, 2.45) is 0 Å². The van der Waals surface area contributed by atoms with Gasteiger partial charge in [0.25, 0.3) is 0 Å². The number of carbonyl (C=O) groups is 1. The van der Waals surface area contributed by atoms with Gasteiger partial charge in [-0.3, -0.25) is 4.79 Å². The molecule has 9 heteroatoms. The SMILES string of the molecule is COc1ccc(S(=O)(=O)N2CCOCC2)cc1CCC(=O)NCCSC(C)(C)C. The molecule has 1 aliphatic heterocycles. The zero-order valence-electron chi connectivity index (χ0n) is 17.7. The summed E-state index contributed by atoms with van der Waals surface area (Å²) in [7, 11) is -2.04. The van der Waals surface area contributed by atoms with Crippen LogP contribution in [0.1, 0.15) is 32.8 Å². The molecule has 1 N–H and O–H groups in total. The largest absolute Gasteiger partial charge is 0.496 e. The summed E-state index contributed by atoms with van der Waals surface area (Å²) in [5, 5.41) is 2.92. The molecule has 0 radical (unpaired) electrons. The second kappa shape index (κ2) is 10.7. The van der Waals surface area contributed by atoms with E-state index in [4.69, 9.17) is 9.47 Å². The van der Waals surface area contributed by atoms with Gasteiger partial charge in [0.15, 0.2) is 0 Å². The predicted octanol–water partition coefficient (Wildman–Crippen LogP) is 2.30. The monoisotopic (exact) mass is 444 g/mol. The van der Waals surface area contributed by atoms with Crippen LogP contribution in [-0.4, -0.2) is 69.1 Å². The topological polar surface area (TPSA) is 84.9 Å². The Hall–Kier alpha value is -1.29. The highest BCUT2D eigenvalue weighted by molar-refractivity contribution is 8.00. The van der Waals surface area contributed by atoms with Gasteiger partial charge in [-0.05, 0) is 30.2 Å². The first kappa shape index (κ1) is 24.0. The van der Waals surface area contributed by atoms with Crippen LogP contribution in [0.2, 0.25) is 0 Å². The smallest absolute Gasteiger partial charge is 0.243 e. The van der Waals surface area contributed by atoms with Crippen LogP contribution >= 0.6 is 11.8 Å². The molecule has 0 spiro atoms. The van der Waals surface area contributed by atoms with Gasteiger partial charge in [0.1, 0.15) is 5.75 Å². The normalized spacial score (nSPS) is 15.9. The summed E-state index contributed by atoms with van der Waals surface area (Å²) in [5.41, 5.74) is 0.709. The van der Waals surface area contributed by atoms with Crippen LogP contribution in [0, 0.1) is 0 Å². The molecule has 1 aliphatic rings. The maximum Gasteiger partial charge on any atom is 0.243 e. The summed E-state index contributed by atoms with van der Waals surface area (Å²) in [4.78, 5) is 12.4. The highest BCUT2D eigenvalue weighted by Gasteiger charge is 2.27. The van der Waals surface area contributed by atoms with Crippen molar-refractivity contribution in [3.63, 3.8) is 0 Å². The first-order valence-corrected chi connectivity index (χ1v) is 12.2. The van der Waals surface area contributed by atoms with Gasteiger partial charge < -0.3 is 14.8 Å². The van der Waals surface area contributed by atoms with E-state index >= 15 is 0 Å². The lowest BCUT2D eigenvalue weighted by molar-refractivity contribution is -0.120. The molecular weight excluding hydrogens is 412 g/mol. The number of nitrogens with zero attached hydrogens (tertiary/aromatic N) is 1. The number of hydrogen-bond acceptors (Lipinski definition) is 6. The fourth-order valence-electron chi connectivity index (χ4n) is 2.93. The second-order valence-electron chi connectivity index (χ2n) is 7.80. The van der Waals surface area contributed by atoms with E-state index in [0.29, 0.717) is 50.6 Å². The molecule has 1 aromatic rings. The van der Waals surface area contributed by atoms with Crippen molar-refractivity contribution < 1.29 is 22.7 Å². The molecule has 1 saturated heterocycles. The van der Waals surface area contributed by atoms with Crippen LogP contribution in [-0.2, 0) is 26.0 Å². The maximum atomic E-state index is 12.9. The molecule has 1 heterocycles. The number of morpholine rings is 1. The maximum absolute atomic E-state index is 12.9. The molecule has 0 saturated carbocycles. The lowest BCUT2D eigenvalue weighted by Crippen LogP contribution is -2.40. The summed E-state index contributed by atoms with van der Waals surface area (Å²) >= 11 is 1.80. The standard InChI is InChI=1S/C20H32N2O5S2/c1-20(2,3)28-14-9-21-19(23)8-5-16-15-17(6-7-18(16)26-4)29(24,25)22-10-12-27-13-11-22/h6-7,15H,5,8-14H2,1-4H3,(H,21,23). The van der Waals surface area contributed by atoms with Crippen molar-refractivity contribution in [2.45, 2.75) is 43.3 Å². The molecule has 0 bridgehead atoms. The number of sulfonamides is 1. The molecule has 0 unspecified atom stereocenters. The van der Waals surface area contributed by atoms with Gasteiger partial charge in [0.2, 0.25) is 15.9 Å². The molecule has 29 heavy (non-hydrogen) atoms. The number of ether oxygens (including phenoxy) is 2. The average Bonchev–Trinajstić information content (AvgIpc) is 2.69. The van der Waals surface area contributed by atoms with E-state index in [-0.39, 0.29) is 22.0 Å². The van der Waals surface area contributed by atoms with E-state index in [1.54, 1.807) is 37.1 Å².